The highest BCUT2D eigenvalue weighted by atomic mass is 19.1. The van der Waals surface area contributed by atoms with Crippen LogP contribution in [0.5, 0.6) is 5.75 Å². The van der Waals surface area contributed by atoms with E-state index in [1.165, 1.54) is 0 Å². The molecule has 0 radical (unpaired) electrons. The minimum absolute atomic E-state index is 0.104. The van der Waals surface area contributed by atoms with Crippen LogP contribution < -0.4 is 10.5 Å². The number of nitrogens with two attached hydrogens (primary N) is 1. The zero-order valence-corrected chi connectivity index (χ0v) is 16.1. The highest BCUT2D eigenvalue weighted by Gasteiger charge is 2.29. The molecule has 2 N–H and O–H groups in total. The molecule has 1 aliphatic carbocycles. The number of benzene rings is 2. The van der Waals surface area contributed by atoms with E-state index >= 15 is 0 Å². The van der Waals surface area contributed by atoms with Crippen LogP contribution >= 0.6 is 0 Å². The van der Waals surface area contributed by atoms with E-state index in [0.29, 0.717) is 5.75 Å². The van der Waals surface area contributed by atoms with E-state index in [4.69, 9.17) is 10.5 Å². The predicted octanol–water partition coefficient (Wildman–Crippen LogP) is 4.80. The van der Waals surface area contributed by atoms with Crippen LogP contribution in [-0.2, 0) is 11.2 Å². The van der Waals surface area contributed by atoms with Crippen LogP contribution in [-0.4, -0.2) is 11.5 Å². The van der Waals surface area contributed by atoms with Gasteiger partial charge in [-0.15, -0.1) is 0 Å². The maximum atomic E-state index is 14.3. The second kappa shape index (κ2) is 6.42. The van der Waals surface area contributed by atoms with Crippen molar-refractivity contribution in [3.63, 3.8) is 0 Å². The predicted molar refractivity (Wildman–Crippen MR) is 102 cm³/mol. The monoisotopic (exact) mass is 355 g/mol. The minimum atomic E-state index is -1.08. The smallest absolute Gasteiger partial charge is 0.261 e. The fraction of sp³-hybridized carbons (Fsp3) is 0.409. The van der Waals surface area contributed by atoms with Crippen molar-refractivity contribution in [1.82, 2.24) is 0 Å². The molecule has 0 bridgehead atoms. The van der Waals surface area contributed by atoms with Crippen LogP contribution in [0.15, 0.2) is 24.3 Å². The molecule has 3 rings (SSSR count). The Hall–Kier alpha value is -2.36. The van der Waals surface area contributed by atoms with E-state index < -0.39 is 11.5 Å². The van der Waals surface area contributed by atoms with Gasteiger partial charge in [0.25, 0.3) is 5.91 Å². The summed E-state index contributed by atoms with van der Waals surface area (Å²) in [6.45, 7) is 9.42. The van der Waals surface area contributed by atoms with Gasteiger partial charge in [-0.1, -0.05) is 13.0 Å². The van der Waals surface area contributed by atoms with E-state index in [0.717, 1.165) is 46.2 Å². The van der Waals surface area contributed by atoms with Crippen molar-refractivity contribution < 1.29 is 13.9 Å². The van der Waals surface area contributed by atoms with Crippen molar-refractivity contribution in [2.45, 2.75) is 59.0 Å². The highest BCUT2D eigenvalue weighted by Crippen LogP contribution is 2.42. The van der Waals surface area contributed by atoms with Gasteiger partial charge in [-0.3, -0.25) is 4.79 Å². The number of aryl methyl sites for hydroxylation is 2. The first kappa shape index (κ1) is 18.4. The SMILES string of the molecule is Cc1cc(OC(C)(C)C(N)=O)cc(C)c1-c1ccc(F)c2c1CC[C@H]2C. The molecule has 0 heterocycles. The summed E-state index contributed by atoms with van der Waals surface area (Å²) >= 11 is 0. The minimum Gasteiger partial charge on any atom is -0.478 e. The fourth-order valence-corrected chi connectivity index (χ4v) is 3.93. The molecule has 0 aromatic heterocycles. The second-order valence-corrected chi connectivity index (χ2v) is 7.84. The van der Waals surface area contributed by atoms with E-state index in [1.807, 2.05) is 32.0 Å². The van der Waals surface area contributed by atoms with Gasteiger partial charge in [0.1, 0.15) is 11.6 Å². The molecule has 0 fully saturated rings. The lowest BCUT2D eigenvalue weighted by Crippen LogP contribution is -2.43. The summed E-state index contributed by atoms with van der Waals surface area (Å²) in [5, 5.41) is 0. The van der Waals surface area contributed by atoms with Crippen LogP contribution in [0, 0.1) is 19.7 Å². The number of primary amides is 1. The summed E-state index contributed by atoms with van der Waals surface area (Å²) in [5.74, 6) is 0.249. The largest absolute Gasteiger partial charge is 0.478 e. The number of fused-ring (bicyclic) bond motifs is 1. The van der Waals surface area contributed by atoms with Gasteiger partial charge in [-0.25, -0.2) is 4.39 Å². The van der Waals surface area contributed by atoms with Crippen LogP contribution in [0.4, 0.5) is 4.39 Å². The summed E-state index contributed by atoms with van der Waals surface area (Å²) in [6, 6.07) is 7.30. The number of rotatable bonds is 4. The molecule has 0 saturated carbocycles. The Labute approximate surface area is 154 Å². The van der Waals surface area contributed by atoms with Crippen molar-refractivity contribution in [3.05, 3.63) is 52.3 Å². The number of ether oxygens (including phenoxy) is 1. The Morgan fingerprint density at radius 3 is 2.42 bits per heavy atom. The summed E-state index contributed by atoms with van der Waals surface area (Å²) in [5.41, 5.74) is 10.6. The van der Waals surface area contributed by atoms with Gasteiger partial charge in [0.15, 0.2) is 5.60 Å². The lowest BCUT2D eigenvalue weighted by molar-refractivity contribution is -0.130. The molecule has 0 saturated heterocycles. The standard InChI is InChI=1S/C22H26FNO2/c1-12-6-7-17-16(8-9-18(23)20(12)17)19-13(2)10-15(11-14(19)3)26-22(4,5)21(24)25/h8-12H,6-7H2,1-5H3,(H2,24,25)/t12-/m1/s1. The Balaban J connectivity index is 2.08. The first-order chi connectivity index (χ1) is 12.1. The van der Waals surface area contributed by atoms with Crippen molar-refractivity contribution in [1.29, 1.82) is 0 Å². The normalized spacial score (nSPS) is 16.5. The molecule has 0 unspecified atom stereocenters. The molecule has 1 aliphatic rings. The maximum Gasteiger partial charge on any atom is 0.261 e. The molecule has 0 spiro atoms. The molecule has 26 heavy (non-hydrogen) atoms. The number of hydrogen-bond acceptors (Lipinski definition) is 2. The molecular formula is C22H26FNO2. The van der Waals surface area contributed by atoms with E-state index in [1.54, 1.807) is 19.9 Å². The Bertz CT molecular complexity index is 863. The van der Waals surface area contributed by atoms with Crippen LogP contribution in [0.3, 0.4) is 0 Å². The summed E-state index contributed by atoms with van der Waals surface area (Å²) in [7, 11) is 0. The highest BCUT2D eigenvalue weighted by molar-refractivity contribution is 5.83. The van der Waals surface area contributed by atoms with Crippen LogP contribution in [0.2, 0.25) is 0 Å². The van der Waals surface area contributed by atoms with Crippen molar-refractivity contribution in [3.8, 4) is 16.9 Å². The molecule has 2 aromatic rings. The van der Waals surface area contributed by atoms with Gasteiger partial charge in [0.05, 0.1) is 0 Å². The molecule has 4 heteroatoms. The number of hydrogen-bond donors (Lipinski definition) is 1. The summed E-state index contributed by atoms with van der Waals surface area (Å²) < 4.78 is 20.1. The maximum absolute atomic E-state index is 14.3. The Morgan fingerprint density at radius 2 is 1.85 bits per heavy atom. The first-order valence-corrected chi connectivity index (χ1v) is 9.03. The molecule has 0 aliphatic heterocycles. The van der Waals surface area contributed by atoms with Gasteiger partial charge in [-0.2, -0.15) is 0 Å². The van der Waals surface area contributed by atoms with Crippen molar-refractivity contribution in [2.75, 3.05) is 0 Å². The quantitative estimate of drug-likeness (QED) is 0.856. The third-order valence-corrected chi connectivity index (χ3v) is 5.37. The van der Waals surface area contributed by atoms with Gasteiger partial charge < -0.3 is 10.5 Å². The van der Waals surface area contributed by atoms with Gasteiger partial charge in [0, 0.05) is 0 Å². The van der Waals surface area contributed by atoms with E-state index in [-0.39, 0.29) is 11.7 Å². The van der Waals surface area contributed by atoms with E-state index in [9.17, 15) is 9.18 Å². The van der Waals surface area contributed by atoms with Crippen LogP contribution in [0.25, 0.3) is 11.1 Å². The molecular weight excluding hydrogens is 329 g/mol. The third kappa shape index (κ3) is 3.09. The lowest BCUT2D eigenvalue weighted by Gasteiger charge is -2.24. The number of carbonyl (C=O) groups excluding carboxylic acids is 1. The summed E-state index contributed by atoms with van der Waals surface area (Å²) in [6.07, 6.45) is 1.88. The molecule has 138 valence electrons. The Kier molecular flexibility index (Phi) is 4.55. The van der Waals surface area contributed by atoms with E-state index in [2.05, 4.69) is 6.92 Å². The molecule has 2 aromatic carbocycles. The zero-order valence-electron chi connectivity index (χ0n) is 16.1. The third-order valence-electron chi connectivity index (χ3n) is 5.37. The first-order valence-electron chi connectivity index (χ1n) is 9.03. The average Bonchev–Trinajstić information content (AvgIpc) is 2.91. The van der Waals surface area contributed by atoms with Gasteiger partial charge >= 0.3 is 0 Å². The number of amides is 1. The van der Waals surface area contributed by atoms with Crippen molar-refractivity contribution >= 4 is 5.91 Å². The lowest BCUT2D eigenvalue weighted by atomic mass is 9.89. The van der Waals surface area contributed by atoms with Gasteiger partial charge in [-0.05, 0) is 98.0 Å². The Morgan fingerprint density at radius 1 is 1.23 bits per heavy atom. The second-order valence-electron chi connectivity index (χ2n) is 7.84. The fourth-order valence-electron chi connectivity index (χ4n) is 3.93. The average molecular weight is 355 g/mol. The number of carbonyl (C=O) groups is 1. The summed E-state index contributed by atoms with van der Waals surface area (Å²) in [4.78, 5) is 11.5. The molecule has 3 nitrogen and oxygen atoms in total. The van der Waals surface area contributed by atoms with Crippen LogP contribution in [0.1, 0.15) is 55.4 Å². The molecule has 1 atom stereocenters. The number of halogens is 1. The topological polar surface area (TPSA) is 52.3 Å². The van der Waals surface area contributed by atoms with Gasteiger partial charge in [0.2, 0.25) is 0 Å². The molecule has 1 amide bonds. The zero-order chi connectivity index (χ0) is 19.2. The van der Waals surface area contributed by atoms with Crippen molar-refractivity contribution in [2.24, 2.45) is 5.73 Å².